The Balaban J connectivity index is 0.00000180. The van der Waals surface area contributed by atoms with Gasteiger partial charge in [-0.1, -0.05) is 0 Å². The molecule has 0 amide bonds. The van der Waals surface area contributed by atoms with Crippen LogP contribution in [0.3, 0.4) is 0 Å². The van der Waals surface area contributed by atoms with Gasteiger partial charge >= 0.3 is 0 Å². The van der Waals surface area contributed by atoms with E-state index < -0.39 is 5.60 Å². The van der Waals surface area contributed by atoms with Gasteiger partial charge in [0.15, 0.2) is 5.96 Å². The molecule has 2 rings (SSSR count). The van der Waals surface area contributed by atoms with Crippen LogP contribution in [0.2, 0.25) is 0 Å². The molecule has 0 radical (unpaired) electrons. The van der Waals surface area contributed by atoms with Gasteiger partial charge < -0.3 is 20.2 Å². The highest BCUT2D eigenvalue weighted by molar-refractivity contribution is 14.0. The number of aryl methyl sites for hydroxylation is 2. The largest absolute Gasteiger partial charge is 0.466 e. The minimum absolute atomic E-state index is 0. The van der Waals surface area contributed by atoms with Crippen LogP contribution in [-0.2, 0) is 5.60 Å². The normalized spacial score (nSPS) is 17.8. The Morgan fingerprint density at radius 2 is 2.26 bits per heavy atom. The minimum atomic E-state index is -0.969. The van der Waals surface area contributed by atoms with E-state index >= 15 is 0 Å². The summed E-state index contributed by atoms with van der Waals surface area (Å²) in [5, 5.41) is 16.8. The highest BCUT2D eigenvalue weighted by Gasteiger charge is 2.27. The van der Waals surface area contributed by atoms with Crippen LogP contribution in [0.15, 0.2) is 15.5 Å². The Morgan fingerprint density at radius 1 is 1.53 bits per heavy atom. The van der Waals surface area contributed by atoms with Gasteiger partial charge in [-0.05, 0) is 33.3 Å². The quantitative estimate of drug-likeness (QED) is 0.699. The van der Waals surface area contributed by atoms with Gasteiger partial charge in [0.05, 0.1) is 6.54 Å². The zero-order valence-corrected chi connectivity index (χ0v) is 13.9. The van der Waals surface area contributed by atoms with E-state index in [0.717, 1.165) is 42.6 Å². The van der Waals surface area contributed by atoms with E-state index in [1.165, 1.54) is 0 Å². The molecule has 0 fully saturated rings. The zero-order valence-electron chi connectivity index (χ0n) is 11.6. The van der Waals surface area contributed by atoms with Crippen molar-refractivity contribution >= 4 is 29.9 Å². The van der Waals surface area contributed by atoms with E-state index in [1.54, 1.807) is 6.92 Å². The molecule has 5 nitrogen and oxygen atoms in total. The Kier molecular flexibility index (Phi) is 5.66. The van der Waals surface area contributed by atoms with Crippen LogP contribution in [0.5, 0.6) is 0 Å². The monoisotopic (exact) mass is 379 g/mol. The highest BCUT2D eigenvalue weighted by atomic mass is 127. The highest BCUT2D eigenvalue weighted by Crippen LogP contribution is 2.26. The number of hydrogen-bond donors (Lipinski definition) is 3. The van der Waals surface area contributed by atoms with Crippen LogP contribution < -0.4 is 10.6 Å². The lowest BCUT2D eigenvalue weighted by Crippen LogP contribution is -2.46. The Hall–Kier alpha value is -0.760. The Bertz CT molecular complexity index is 455. The Labute approximate surface area is 130 Å². The van der Waals surface area contributed by atoms with E-state index in [1.807, 2.05) is 19.9 Å². The number of guanidine groups is 1. The summed E-state index contributed by atoms with van der Waals surface area (Å²) in [7, 11) is 0. The topological polar surface area (TPSA) is 69.8 Å². The number of rotatable bonds is 3. The molecule has 1 atom stereocenters. The predicted octanol–water partition coefficient (Wildman–Crippen LogP) is 1.66. The van der Waals surface area contributed by atoms with Crippen LogP contribution >= 0.6 is 24.0 Å². The fourth-order valence-corrected chi connectivity index (χ4v) is 2.17. The van der Waals surface area contributed by atoms with Gasteiger partial charge in [0.2, 0.25) is 0 Å². The summed E-state index contributed by atoms with van der Waals surface area (Å²) in [6.07, 6.45) is 1.06. The van der Waals surface area contributed by atoms with Crippen molar-refractivity contribution in [3.05, 3.63) is 23.2 Å². The molecule has 0 saturated carbocycles. The van der Waals surface area contributed by atoms with E-state index in [9.17, 15) is 5.11 Å². The van der Waals surface area contributed by atoms with Crippen molar-refractivity contribution in [3.8, 4) is 0 Å². The van der Waals surface area contributed by atoms with Crippen molar-refractivity contribution in [1.82, 2.24) is 10.6 Å². The second kappa shape index (κ2) is 6.60. The molecule has 0 spiro atoms. The van der Waals surface area contributed by atoms with Crippen molar-refractivity contribution in [3.63, 3.8) is 0 Å². The molecule has 1 aliphatic rings. The minimum Gasteiger partial charge on any atom is -0.466 e. The lowest BCUT2D eigenvalue weighted by Gasteiger charge is -2.25. The summed E-state index contributed by atoms with van der Waals surface area (Å²) < 4.78 is 5.46. The summed E-state index contributed by atoms with van der Waals surface area (Å²) >= 11 is 0. The maximum Gasteiger partial charge on any atom is 0.191 e. The molecule has 3 N–H and O–H groups in total. The summed E-state index contributed by atoms with van der Waals surface area (Å²) in [6, 6.07) is 1.88. The van der Waals surface area contributed by atoms with E-state index in [0.29, 0.717) is 6.54 Å². The molecule has 19 heavy (non-hydrogen) atoms. The molecule has 1 unspecified atom stereocenters. The number of nitrogens with zero attached hydrogens (tertiary/aromatic N) is 1. The third-order valence-corrected chi connectivity index (χ3v) is 3.12. The van der Waals surface area contributed by atoms with Gasteiger partial charge in [0, 0.05) is 18.7 Å². The molecule has 1 aliphatic heterocycles. The van der Waals surface area contributed by atoms with Gasteiger partial charge in [0.25, 0.3) is 0 Å². The van der Waals surface area contributed by atoms with Crippen molar-refractivity contribution in [2.24, 2.45) is 4.99 Å². The zero-order chi connectivity index (χ0) is 13.2. The van der Waals surface area contributed by atoms with E-state index in [-0.39, 0.29) is 24.0 Å². The number of aliphatic hydroxyl groups is 1. The molecule has 1 aromatic rings. The molecule has 0 aliphatic carbocycles. The third kappa shape index (κ3) is 4.10. The molecule has 6 heteroatoms. The molecule has 0 bridgehead atoms. The van der Waals surface area contributed by atoms with Crippen LogP contribution in [0.25, 0.3) is 0 Å². The number of furan rings is 1. The average molecular weight is 379 g/mol. The maximum absolute atomic E-state index is 10.5. The van der Waals surface area contributed by atoms with E-state index in [4.69, 9.17) is 4.42 Å². The number of nitrogens with one attached hydrogen (secondary N) is 2. The van der Waals surface area contributed by atoms with Crippen LogP contribution in [-0.4, -0.2) is 30.7 Å². The van der Waals surface area contributed by atoms with Gasteiger partial charge in [-0.2, -0.15) is 0 Å². The van der Waals surface area contributed by atoms with Gasteiger partial charge in [-0.3, -0.25) is 4.99 Å². The average Bonchev–Trinajstić information content (AvgIpc) is 2.68. The van der Waals surface area contributed by atoms with Crippen molar-refractivity contribution in [1.29, 1.82) is 0 Å². The molecule has 108 valence electrons. The molecule has 0 aromatic carbocycles. The van der Waals surface area contributed by atoms with Crippen LogP contribution in [0.4, 0.5) is 0 Å². The third-order valence-electron chi connectivity index (χ3n) is 3.12. The Morgan fingerprint density at radius 3 is 2.79 bits per heavy atom. The molecule has 0 saturated heterocycles. The predicted molar refractivity (Wildman–Crippen MR) is 86.1 cm³/mol. The number of halogens is 1. The fourth-order valence-electron chi connectivity index (χ4n) is 2.17. The summed E-state index contributed by atoms with van der Waals surface area (Å²) in [5.41, 5.74) is -0.146. The van der Waals surface area contributed by atoms with Gasteiger partial charge in [-0.15, -0.1) is 24.0 Å². The van der Waals surface area contributed by atoms with Crippen LogP contribution in [0, 0.1) is 13.8 Å². The van der Waals surface area contributed by atoms with Crippen molar-refractivity contribution in [2.75, 3.05) is 19.6 Å². The van der Waals surface area contributed by atoms with Gasteiger partial charge in [-0.25, -0.2) is 0 Å². The second-order valence-electron chi connectivity index (χ2n) is 4.96. The van der Waals surface area contributed by atoms with Crippen molar-refractivity contribution in [2.45, 2.75) is 32.8 Å². The fraction of sp³-hybridized carbons (Fsp3) is 0.615. The SMILES string of the molecule is Cc1cc(C(C)(O)CNC2=NCCCN2)c(C)o1.I. The summed E-state index contributed by atoms with van der Waals surface area (Å²) in [5.74, 6) is 2.34. The first kappa shape index (κ1) is 16.3. The first-order chi connectivity index (χ1) is 8.49. The molecule has 1 aromatic heterocycles. The first-order valence-corrected chi connectivity index (χ1v) is 6.31. The maximum atomic E-state index is 10.5. The van der Waals surface area contributed by atoms with Gasteiger partial charge in [0.1, 0.15) is 17.1 Å². The lowest BCUT2D eigenvalue weighted by atomic mass is 9.96. The molecular weight excluding hydrogens is 357 g/mol. The second-order valence-corrected chi connectivity index (χ2v) is 4.96. The van der Waals surface area contributed by atoms with Crippen molar-refractivity contribution < 1.29 is 9.52 Å². The molecular formula is C13H22IN3O2. The number of hydrogen-bond acceptors (Lipinski definition) is 5. The van der Waals surface area contributed by atoms with E-state index in [2.05, 4.69) is 15.6 Å². The number of aliphatic imine (C=N–C) groups is 1. The smallest absolute Gasteiger partial charge is 0.191 e. The first-order valence-electron chi connectivity index (χ1n) is 6.31. The lowest BCUT2D eigenvalue weighted by molar-refractivity contribution is 0.0601. The summed E-state index contributed by atoms with van der Waals surface area (Å²) in [4.78, 5) is 4.31. The summed E-state index contributed by atoms with van der Waals surface area (Å²) in [6.45, 7) is 7.69. The standard InChI is InChI=1S/C13H21N3O2.HI/c1-9-7-11(10(2)18-9)13(3,17)8-16-12-14-5-4-6-15-12;/h7,17H,4-6,8H2,1-3H3,(H2,14,15,16);1H. The van der Waals surface area contributed by atoms with Crippen LogP contribution in [0.1, 0.15) is 30.4 Å². The molecule has 2 heterocycles.